The van der Waals surface area contributed by atoms with Gasteiger partial charge in [0.25, 0.3) is 5.96 Å². The Balaban J connectivity index is 2.04. The lowest BCUT2D eigenvalue weighted by molar-refractivity contribution is -0.671. The number of hydrogen-bond donors (Lipinski definition) is 5. The van der Waals surface area contributed by atoms with Gasteiger partial charge in [-0.05, 0) is 30.7 Å². The highest BCUT2D eigenvalue weighted by Crippen LogP contribution is 2.27. The fourth-order valence-electron chi connectivity index (χ4n) is 3.43. The standard InChI is InChI=1S/C23H23N7O4/c1-30-8-2-3-15(12-30)17-7-6-16(28-23(26)29-22(24)25)10-14(17)5-4-13-9-18(20(31)32)19(21(33)34)27-11-13/h2-3,6-8,10-12,18-19,27H,9H2,1H3,(H7-,24,25,26,28,29,31,32,33,34)/t18-,19+/m1/s1. The summed E-state index contributed by atoms with van der Waals surface area (Å²) in [4.78, 5) is 29.3. The van der Waals surface area contributed by atoms with Crippen LogP contribution in [-0.2, 0) is 16.6 Å². The van der Waals surface area contributed by atoms with Crippen molar-refractivity contribution in [2.24, 2.45) is 35.2 Å². The lowest BCUT2D eigenvalue weighted by atomic mass is 9.89. The number of nitrogens with two attached hydrogens (primary N) is 3. The highest BCUT2D eigenvalue weighted by atomic mass is 16.4. The fourth-order valence-corrected chi connectivity index (χ4v) is 3.43. The number of hydrogen-bond acceptors (Lipinski definition) is 6. The SMILES string of the molecule is C[n+]1cccc(-c2ccc(N=C(N)[NH+]=C(N)N)cc2C#CC2=CN[C@H](C(=O)[O-])[C@H](C(=O)[O-])C2)c1. The average molecular weight is 461 g/mol. The zero-order valence-corrected chi connectivity index (χ0v) is 18.2. The molecule has 0 radical (unpaired) electrons. The molecule has 2 atom stereocenters. The molecule has 1 aliphatic rings. The lowest BCUT2D eigenvalue weighted by Crippen LogP contribution is -2.84. The molecule has 2 aromatic rings. The third kappa shape index (κ3) is 5.89. The molecule has 0 aliphatic carbocycles. The van der Waals surface area contributed by atoms with Gasteiger partial charge in [0, 0.05) is 46.4 Å². The number of aryl methyl sites for hydroxylation is 1. The van der Waals surface area contributed by atoms with Crippen molar-refractivity contribution >= 4 is 29.5 Å². The number of guanidine groups is 2. The van der Waals surface area contributed by atoms with Gasteiger partial charge in [0.15, 0.2) is 12.4 Å². The van der Waals surface area contributed by atoms with E-state index in [1.165, 1.54) is 6.20 Å². The van der Waals surface area contributed by atoms with Crippen molar-refractivity contribution in [3.8, 4) is 23.0 Å². The number of aliphatic carboxylic acids is 2. The highest BCUT2D eigenvalue weighted by molar-refractivity contribution is 5.82. The predicted octanol–water partition coefficient (Wildman–Crippen LogP) is -4.81. The van der Waals surface area contributed by atoms with Crippen molar-refractivity contribution in [2.75, 3.05) is 0 Å². The monoisotopic (exact) mass is 461 g/mol. The molecule has 34 heavy (non-hydrogen) atoms. The number of aliphatic imine (C=N–C) groups is 1. The van der Waals surface area contributed by atoms with Gasteiger partial charge in [0.05, 0.1) is 12.0 Å². The molecule has 3 rings (SSSR count). The van der Waals surface area contributed by atoms with Crippen LogP contribution in [0, 0.1) is 17.8 Å². The molecule has 0 amide bonds. The molecule has 174 valence electrons. The minimum atomic E-state index is -1.52. The first-order valence-corrected chi connectivity index (χ1v) is 10.1. The van der Waals surface area contributed by atoms with Crippen LogP contribution in [0.15, 0.2) is 59.5 Å². The molecule has 0 fully saturated rings. The Labute approximate surface area is 195 Å². The summed E-state index contributed by atoms with van der Waals surface area (Å²) in [6, 6.07) is 7.68. The van der Waals surface area contributed by atoms with Gasteiger partial charge in [-0.15, -0.1) is 4.99 Å². The van der Waals surface area contributed by atoms with Crippen LogP contribution in [-0.4, -0.2) is 29.9 Å². The van der Waals surface area contributed by atoms with Crippen molar-refractivity contribution in [1.82, 2.24) is 5.32 Å². The zero-order valence-electron chi connectivity index (χ0n) is 18.2. The highest BCUT2D eigenvalue weighted by Gasteiger charge is 2.27. The molecule has 0 saturated heterocycles. The first-order valence-electron chi connectivity index (χ1n) is 10.1. The van der Waals surface area contributed by atoms with E-state index >= 15 is 0 Å². The third-order valence-electron chi connectivity index (χ3n) is 4.97. The van der Waals surface area contributed by atoms with E-state index in [1.807, 2.05) is 42.2 Å². The normalized spacial score (nSPS) is 17.4. The third-order valence-corrected chi connectivity index (χ3v) is 4.97. The molecule has 0 spiro atoms. The second-order valence-electron chi connectivity index (χ2n) is 7.58. The van der Waals surface area contributed by atoms with Gasteiger partial charge < -0.3 is 42.3 Å². The molecule has 11 heteroatoms. The summed E-state index contributed by atoms with van der Waals surface area (Å²) in [6.45, 7) is 0. The molecule has 0 bridgehead atoms. The summed E-state index contributed by atoms with van der Waals surface area (Å²) in [7, 11) is 1.89. The van der Waals surface area contributed by atoms with Crippen LogP contribution in [0.4, 0.5) is 5.69 Å². The number of carboxylic acid groups (broad SMARTS) is 2. The summed E-state index contributed by atoms with van der Waals surface area (Å²) >= 11 is 0. The number of aromatic nitrogens is 1. The smallest absolute Gasteiger partial charge is 0.316 e. The maximum Gasteiger partial charge on any atom is 0.316 e. The Kier molecular flexibility index (Phi) is 7.13. The van der Waals surface area contributed by atoms with Crippen LogP contribution in [0.3, 0.4) is 0 Å². The lowest BCUT2D eigenvalue weighted by Gasteiger charge is -2.32. The van der Waals surface area contributed by atoms with E-state index in [4.69, 9.17) is 17.2 Å². The molecule has 0 unspecified atom stereocenters. The van der Waals surface area contributed by atoms with Crippen molar-refractivity contribution < 1.29 is 29.4 Å². The predicted molar refractivity (Wildman–Crippen MR) is 119 cm³/mol. The van der Waals surface area contributed by atoms with Crippen LogP contribution in [0.5, 0.6) is 0 Å². The summed E-state index contributed by atoms with van der Waals surface area (Å²) in [5.41, 5.74) is 19.7. The van der Waals surface area contributed by atoms with Gasteiger partial charge in [-0.1, -0.05) is 11.8 Å². The number of nitrogens with zero attached hydrogens (tertiary/aromatic N) is 2. The molecule has 1 aromatic carbocycles. The fraction of sp³-hybridized carbons (Fsp3) is 0.174. The van der Waals surface area contributed by atoms with Crippen LogP contribution in [0.25, 0.3) is 11.1 Å². The Bertz CT molecular complexity index is 1280. The number of allylic oxidation sites excluding steroid dienone is 1. The Hall–Kier alpha value is -4.85. The summed E-state index contributed by atoms with van der Waals surface area (Å²) < 4.78 is 1.89. The first-order chi connectivity index (χ1) is 16.1. The molecular formula is C23H23N7O4. The molecule has 1 aliphatic heterocycles. The number of nitrogens with one attached hydrogen (secondary N) is 2. The maximum atomic E-state index is 11.4. The zero-order chi connectivity index (χ0) is 24.8. The molecule has 11 nitrogen and oxygen atoms in total. The van der Waals surface area contributed by atoms with E-state index in [0.717, 1.165) is 11.1 Å². The molecule has 2 heterocycles. The number of carbonyl (C=O) groups excluding carboxylic acids is 2. The Morgan fingerprint density at radius 3 is 2.59 bits per heavy atom. The van der Waals surface area contributed by atoms with Gasteiger partial charge in [0.1, 0.15) is 12.7 Å². The van der Waals surface area contributed by atoms with Gasteiger partial charge >= 0.3 is 5.96 Å². The molecular weight excluding hydrogens is 438 g/mol. The molecule has 0 saturated carbocycles. The molecule has 8 N–H and O–H groups in total. The van der Waals surface area contributed by atoms with Gasteiger partial charge in [-0.25, -0.2) is 9.56 Å². The van der Waals surface area contributed by atoms with E-state index in [0.29, 0.717) is 16.8 Å². The summed E-state index contributed by atoms with van der Waals surface area (Å²) in [5.74, 6) is 1.49. The first kappa shape index (κ1) is 23.8. The van der Waals surface area contributed by atoms with Crippen LogP contribution >= 0.6 is 0 Å². The van der Waals surface area contributed by atoms with Crippen LogP contribution in [0.2, 0.25) is 0 Å². The van der Waals surface area contributed by atoms with E-state index in [1.54, 1.807) is 12.1 Å². The van der Waals surface area contributed by atoms with E-state index in [-0.39, 0.29) is 18.3 Å². The van der Waals surface area contributed by atoms with Crippen LogP contribution < -0.4 is 42.3 Å². The Morgan fingerprint density at radius 1 is 1.18 bits per heavy atom. The van der Waals surface area contributed by atoms with Gasteiger partial charge in [-0.3, -0.25) is 0 Å². The number of rotatable bonds is 4. The largest absolute Gasteiger partial charge is 0.550 e. The number of benzene rings is 1. The van der Waals surface area contributed by atoms with Crippen molar-refractivity contribution in [3.63, 3.8) is 0 Å². The summed E-state index contributed by atoms with van der Waals surface area (Å²) in [5, 5.41) is 25.1. The maximum absolute atomic E-state index is 11.4. The summed E-state index contributed by atoms with van der Waals surface area (Å²) in [6.07, 6.45) is 5.07. The number of pyridine rings is 1. The topological polar surface area (TPSA) is 201 Å². The Morgan fingerprint density at radius 2 is 1.94 bits per heavy atom. The quantitative estimate of drug-likeness (QED) is 0.129. The number of carboxylic acids is 2. The van der Waals surface area contributed by atoms with Crippen LogP contribution in [0.1, 0.15) is 12.0 Å². The van der Waals surface area contributed by atoms with Crippen molar-refractivity contribution in [2.45, 2.75) is 12.5 Å². The van der Waals surface area contributed by atoms with Gasteiger partial charge in [0.2, 0.25) is 0 Å². The van der Waals surface area contributed by atoms with E-state index in [9.17, 15) is 19.8 Å². The van der Waals surface area contributed by atoms with Crippen molar-refractivity contribution in [3.05, 3.63) is 60.1 Å². The minimum Gasteiger partial charge on any atom is -0.550 e. The second kappa shape index (κ2) is 10.2. The second-order valence-corrected chi connectivity index (χ2v) is 7.58. The average Bonchev–Trinajstić information content (AvgIpc) is 2.76. The van der Waals surface area contributed by atoms with E-state index in [2.05, 4.69) is 27.1 Å². The van der Waals surface area contributed by atoms with Gasteiger partial charge in [-0.2, -0.15) is 0 Å². The van der Waals surface area contributed by atoms with Crippen molar-refractivity contribution in [1.29, 1.82) is 0 Å². The molecule has 1 aromatic heterocycles. The number of carbonyl (C=O) groups is 2. The van der Waals surface area contributed by atoms with E-state index < -0.39 is 23.9 Å². The minimum absolute atomic E-state index is 0.0120.